The molecule has 3 aliphatic rings. The van der Waals surface area contributed by atoms with Gasteiger partial charge in [-0.1, -0.05) is 24.6 Å². The first-order valence-corrected chi connectivity index (χ1v) is 10.1. The highest BCUT2D eigenvalue weighted by atomic mass is 16.2. The summed E-state index contributed by atoms with van der Waals surface area (Å²) in [6.07, 6.45) is 7.71. The van der Waals surface area contributed by atoms with E-state index in [1.165, 1.54) is 25.7 Å². The molecule has 2 N–H and O–H groups in total. The van der Waals surface area contributed by atoms with Gasteiger partial charge < -0.3 is 15.5 Å². The number of nitrogens with zero attached hydrogens (tertiary/aromatic N) is 1. The lowest BCUT2D eigenvalue weighted by molar-refractivity contribution is -0.123. The summed E-state index contributed by atoms with van der Waals surface area (Å²) < 4.78 is 0. The van der Waals surface area contributed by atoms with Crippen LogP contribution in [0.25, 0.3) is 0 Å². The molecule has 3 atom stereocenters. The van der Waals surface area contributed by atoms with Crippen LogP contribution in [0.3, 0.4) is 0 Å². The monoisotopic (exact) mass is 355 g/mol. The number of hydrogen-bond acceptors (Lipinski definition) is 2. The molecule has 1 aliphatic heterocycles. The number of benzene rings is 1. The van der Waals surface area contributed by atoms with Crippen molar-refractivity contribution in [2.45, 2.75) is 51.0 Å². The molecule has 26 heavy (non-hydrogen) atoms. The summed E-state index contributed by atoms with van der Waals surface area (Å²) >= 11 is 0. The molecule has 1 aromatic carbocycles. The van der Waals surface area contributed by atoms with Crippen molar-refractivity contribution in [3.63, 3.8) is 0 Å². The first-order valence-electron chi connectivity index (χ1n) is 10.1. The second kappa shape index (κ2) is 7.68. The van der Waals surface area contributed by atoms with Crippen molar-refractivity contribution in [2.75, 3.05) is 18.4 Å². The number of rotatable bonds is 4. The molecular formula is C21H29N3O2. The van der Waals surface area contributed by atoms with Crippen LogP contribution in [-0.4, -0.2) is 36.0 Å². The van der Waals surface area contributed by atoms with Gasteiger partial charge in [0.05, 0.1) is 0 Å². The zero-order valence-electron chi connectivity index (χ0n) is 15.3. The van der Waals surface area contributed by atoms with Gasteiger partial charge in [-0.25, -0.2) is 4.79 Å². The van der Waals surface area contributed by atoms with Gasteiger partial charge in [0.2, 0.25) is 5.91 Å². The highest BCUT2D eigenvalue weighted by Gasteiger charge is 2.40. The maximum absolute atomic E-state index is 12.4. The van der Waals surface area contributed by atoms with Crippen molar-refractivity contribution in [3.8, 4) is 0 Å². The summed E-state index contributed by atoms with van der Waals surface area (Å²) in [7, 11) is 0. The molecule has 1 aromatic rings. The lowest BCUT2D eigenvalue weighted by atomic mass is 9.86. The van der Waals surface area contributed by atoms with Crippen LogP contribution >= 0.6 is 0 Å². The Morgan fingerprint density at radius 1 is 1.00 bits per heavy atom. The number of hydrogen-bond donors (Lipinski definition) is 2. The zero-order chi connectivity index (χ0) is 17.9. The zero-order valence-corrected chi connectivity index (χ0v) is 15.3. The Hall–Kier alpha value is -2.04. The number of amides is 3. The molecule has 2 aliphatic carbocycles. The first kappa shape index (κ1) is 17.4. The number of carbonyl (C=O) groups is 2. The molecule has 2 bridgehead atoms. The maximum atomic E-state index is 12.4. The average molecular weight is 355 g/mol. The molecule has 1 heterocycles. The summed E-state index contributed by atoms with van der Waals surface area (Å²) in [5.74, 6) is 2.53. The molecular weight excluding hydrogens is 326 g/mol. The summed E-state index contributed by atoms with van der Waals surface area (Å²) in [4.78, 5) is 26.6. The minimum Gasteiger partial charge on any atom is -0.353 e. The molecule has 0 spiro atoms. The lowest BCUT2D eigenvalue weighted by Crippen LogP contribution is -2.48. The Kier molecular flexibility index (Phi) is 5.14. The number of carbonyl (C=O) groups excluding carboxylic acids is 2. The maximum Gasteiger partial charge on any atom is 0.321 e. The summed E-state index contributed by atoms with van der Waals surface area (Å²) in [6.45, 7) is 1.38. The largest absolute Gasteiger partial charge is 0.353 e. The minimum absolute atomic E-state index is 0.0528. The normalized spacial score (nSPS) is 28.2. The molecule has 1 saturated heterocycles. The Balaban J connectivity index is 1.18. The highest BCUT2D eigenvalue weighted by Crippen LogP contribution is 2.49. The predicted molar refractivity (Wildman–Crippen MR) is 102 cm³/mol. The predicted octanol–water partition coefficient (Wildman–Crippen LogP) is 3.63. The first-order chi connectivity index (χ1) is 12.7. The van der Waals surface area contributed by atoms with Gasteiger partial charge in [0, 0.05) is 31.2 Å². The van der Waals surface area contributed by atoms with Gasteiger partial charge in [0.25, 0.3) is 0 Å². The fourth-order valence-corrected chi connectivity index (χ4v) is 5.10. The fraction of sp³-hybridized carbons (Fsp3) is 0.619. The Morgan fingerprint density at radius 2 is 1.77 bits per heavy atom. The van der Waals surface area contributed by atoms with Gasteiger partial charge in [0.1, 0.15) is 0 Å². The summed E-state index contributed by atoms with van der Waals surface area (Å²) in [6, 6.07) is 9.69. The molecule has 140 valence electrons. The van der Waals surface area contributed by atoms with E-state index < -0.39 is 0 Å². The number of para-hydroxylation sites is 1. The van der Waals surface area contributed by atoms with Crippen molar-refractivity contribution in [1.82, 2.24) is 10.2 Å². The third-order valence-corrected chi connectivity index (χ3v) is 6.50. The summed E-state index contributed by atoms with van der Waals surface area (Å²) in [5, 5.41) is 6.15. The Morgan fingerprint density at radius 3 is 2.42 bits per heavy atom. The second-order valence-corrected chi connectivity index (χ2v) is 8.26. The van der Waals surface area contributed by atoms with E-state index in [0.29, 0.717) is 25.4 Å². The number of likely N-dealkylation sites (tertiary alicyclic amines) is 1. The number of nitrogens with one attached hydrogen (secondary N) is 2. The van der Waals surface area contributed by atoms with Gasteiger partial charge in [-0.2, -0.15) is 0 Å². The highest BCUT2D eigenvalue weighted by molar-refractivity contribution is 5.89. The molecule has 5 heteroatoms. The van der Waals surface area contributed by atoms with Crippen LogP contribution in [0.4, 0.5) is 10.5 Å². The fourth-order valence-electron chi connectivity index (χ4n) is 5.10. The van der Waals surface area contributed by atoms with Crippen LogP contribution in [0.2, 0.25) is 0 Å². The van der Waals surface area contributed by atoms with E-state index in [2.05, 4.69) is 10.6 Å². The second-order valence-electron chi connectivity index (χ2n) is 8.26. The average Bonchev–Trinajstić information content (AvgIpc) is 3.26. The van der Waals surface area contributed by atoms with Crippen LogP contribution in [0.5, 0.6) is 0 Å². The van der Waals surface area contributed by atoms with Gasteiger partial charge in [0.15, 0.2) is 0 Å². The third-order valence-electron chi connectivity index (χ3n) is 6.50. The smallest absolute Gasteiger partial charge is 0.321 e. The van der Waals surface area contributed by atoms with Crippen LogP contribution in [0, 0.1) is 17.8 Å². The molecule has 4 rings (SSSR count). The van der Waals surface area contributed by atoms with E-state index in [0.717, 1.165) is 30.4 Å². The summed E-state index contributed by atoms with van der Waals surface area (Å²) in [5.41, 5.74) is 0.818. The number of anilines is 1. The van der Waals surface area contributed by atoms with E-state index >= 15 is 0 Å². The van der Waals surface area contributed by atoms with E-state index in [4.69, 9.17) is 0 Å². The number of urea groups is 1. The number of fused-ring (bicyclic) bond motifs is 2. The molecule has 3 amide bonds. The molecule has 0 radical (unpaired) electrons. The SMILES string of the molecule is O=C(C[C@@H]1C[C@H]2CC[C@H]1C2)NC1CCN(C(=O)Nc2ccccc2)CC1. The van der Waals surface area contributed by atoms with E-state index in [-0.39, 0.29) is 18.0 Å². The third kappa shape index (κ3) is 4.02. The van der Waals surface area contributed by atoms with E-state index in [1.54, 1.807) is 0 Å². The molecule has 0 unspecified atom stereocenters. The van der Waals surface area contributed by atoms with Crippen LogP contribution in [0.15, 0.2) is 30.3 Å². The van der Waals surface area contributed by atoms with Gasteiger partial charge >= 0.3 is 6.03 Å². The lowest BCUT2D eigenvalue weighted by Gasteiger charge is -2.33. The Bertz CT molecular complexity index is 640. The molecule has 3 fully saturated rings. The molecule has 5 nitrogen and oxygen atoms in total. The quantitative estimate of drug-likeness (QED) is 0.866. The minimum atomic E-state index is -0.0528. The Labute approximate surface area is 155 Å². The number of piperidine rings is 1. The van der Waals surface area contributed by atoms with Gasteiger partial charge in [-0.15, -0.1) is 0 Å². The van der Waals surface area contributed by atoms with Crippen LogP contribution in [-0.2, 0) is 4.79 Å². The van der Waals surface area contributed by atoms with Gasteiger partial charge in [-0.05, 0) is 62.0 Å². The topological polar surface area (TPSA) is 61.4 Å². The molecule has 2 saturated carbocycles. The van der Waals surface area contributed by atoms with E-state index in [1.807, 2.05) is 35.2 Å². The van der Waals surface area contributed by atoms with Crippen LogP contribution < -0.4 is 10.6 Å². The van der Waals surface area contributed by atoms with Crippen molar-refractivity contribution < 1.29 is 9.59 Å². The van der Waals surface area contributed by atoms with Crippen molar-refractivity contribution in [1.29, 1.82) is 0 Å². The van der Waals surface area contributed by atoms with Gasteiger partial charge in [-0.3, -0.25) is 4.79 Å². The van der Waals surface area contributed by atoms with Crippen LogP contribution in [0.1, 0.15) is 44.9 Å². The van der Waals surface area contributed by atoms with Crippen molar-refractivity contribution in [3.05, 3.63) is 30.3 Å². The van der Waals surface area contributed by atoms with E-state index in [9.17, 15) is 9.59 Å². The standard InChI is InChI=1S/C21H29N3O2/c25-20(14-17-13-15-6-7-16(17)12-15)22-19-8-10-24(11-9-19)21(26)23-18-4-2-1-3-5-18/h1-5,15-17,19H,6-14H2,(H,22,25)(H,23,26)/t15-,16-,17-/m0/s1. The van der Waals surface area contributed by atoms with Crippen molar-refractivity contribution >= 4 is 17.6 Å². The van der Waals surface area contributed by atoms with Crippen molar-refractivity contribution in [2.24, 2.45) is 17.8 Å². The molecule has 0 aromatic heterocycles.